The van der Waals surface area contributed by atoms with Crippen molar-refractivity contribution < 1.29 is 4.89 Å². The first kappa shape index (κ1) is 15.5. The quantitative estimate of drug-likeness (QED) is 0.450. The summed E-state index contributed by atoms with van der Waals surface area (Å²) in [6.45, 7) is 13.3. The van der Waals surface area contributed by atoms with Crippen LogP contribution in [0.3, 0.4) is 0 Å². The normalized spacial score (nSPS) is 12.6. The van der Waals surface area contributed by atoms with E-state index in [-0.39, 0.29) is 0 Å². The number of allylic oxidation sites excluding steroid dienone is 3. The number of nitrogens with two attached hydrogens (primary N) is 2. The molecule has 0 saturated heterocycles. The van der Waals surface area contributed by atoms with E-state index < -0.39 is 7.49 Å². The second-order valence-electron chi connectivity index (χ2n) is 5.23. The van der Waals surface area contributed by atoms with E-state index in [0.29, 0.717) is 11.4 Å². The van der Waals surface area contributed by atoms with Crippen LogP contribution in [0, 0.1) is 0 Å². The zero-order chi connectivity index (χ0) is 14.8. The molecular weight excluding hydrogens is 255 g/mol. The Morgan fingerprint density at radius 1 is 1.21 bits per heavy atom. The van der Waals surface area contributed by atoms with Gasteiger partial charge in [-0.05, 0) is 0 Å². The van der Waals surface area contributed by atoms with Crippen molar-refractivity contribution in [3.8, 4) is 0 Å². The van der Waals surface area contributed by atoms with Gasteiger partial charge in [0.2, 0.25) is 0 Å². The molecule has 0 aliphatic heterocycles. The molecule has 0 saturated carbocycles. The van der Waals surface area contributed by atoms with Gasteiger partial charge in [0, 0.05) is 0 Å². The standard InChI is InChI=1S/C15H23N2OP/c1-10(2)11(3)6-7-12-13(16)8-9-14(17)15(12)19(4,5)18/h6-9,18-19H,1,3,16-17H2,2,4-5H3/b7-6-. The van der Waals surface area contributed by atoms with Crippen LogP contribution in [0.15, 0.2) is 42.5 Å². The topological polar surface area (TPSA) is 72.3 Å². The van der Waals surface area contributed by atoms with E-state index in [9.17, 15) is 4.89 Å². The van der Waals surface area contributed by atoms with Gasteiger partial charge in [0.1, 0.15) is 0 Å². The molecule has 0 bridgehead atoms. The summed E-state index contributed by atoms with van der Waals surface area (Å²) in [4.78, 5) is 10.4. The van der Waals surface area contributed by atoms with Crippen molar-refractivity contribution in [3.05, 3.63) is 48.1 Å². The molecule has 1 aromatic rings. The van der Waals surface area contributed by atoms with Gasteiger partial charge < -0.3 is 0 Å². The van der Waals surface area contributed by atoms with Crippen LogP contribution in [-0.2, 0) is 0 Å². The van der Waals surface area contributed by atoms with Crippen LogP contribution in [0.4, 0.5) is 11.4 Å². The number of hydrogen-bond acceptors (Lipinski definition) is 3. The maximum absolute atomic E-state index is 10.4. The molecule has 0 unspecified atom stereocenters. The van der Waals surface area contributed by atoms with Crippen LogP contribution in [0.2, 0.25) is 0 Å². The van der Waals surface area contributed by atoms with E-state index in [4.69, 9.17) is 11.5 Å². The van der Waals surface area contributed by atoms with Gasteiger partial charge >= 0.3 is 115 Å². The number of anilines is 2. The van der Waals surface area contributed by atoms with Gasteiger partial charge in [0.15, 0.2) is 0 Å². The summed E-state index contributed by atoms with van der Waals surface area (Å²) < 4.78 is 0. The summed E-state index contributed by atoms with van der Waals surface area (Å²) in [5.41, 5.74) is 15.7. The Kier molecular flexibility index (Phi) is 4.56. The SMILES string of the molecule is C=C(C)C(=C)/C=C\c1c(N)ccc(N)c1[PH](C)(C)O. The van der Waals surface area contributed by atoms with Crippen LogP contribution in [-0.4, -0.2) is 18.2 Å². The van der Waals surface area contributed by atoms with Crippen LogP contribution >= 0.6 is 7.49 Å². The molecule has 1 aromatic carbocycles. The zero-order valence-electron chi connectivity index (χ0n) is 11.8. The predicted octanol–water partition coefficient (Wildman–Crippen LogP) is 2.54. The van der Waals surface area contributed by atoms with Crippen molar-refractivity contribution >= 4 is 30.2 Å². The summed E-state index contributed by atoms with van der Waals surface area (Å²) in [7, 11) is -2.56. The van der Waals surface area contributed by atoms with Crippen molar-refractivity contribution in [2.75, 3.05) is 24.8 Å². The van der Waals surface area contributed by atoms with Crippen LogP contribution in [0.1, 0.15) is 12.5 Å². The second-order valence-corrected chi connectivity index (χ2v) is 8.85. The van der Waals surface area contributed by atoms with Gasteiger partial charge in [-0.1, -0.05) is 0 Å². The maximum atomic E-state index is 10.4. The van der Waals surface area contributed by atoms with Crippen molar-refractivity contribution in [1.82, 2.24) is 0 Å². The Balaban J connectivity index is 3.38. The van der Waals surface area contributed by atoms with Crippen molar-refractivity contribution in [2.45, 2.75) is 6.92 Å². The number of benzene rings is 1. The molecule has 0 amide bonds. The van der Waals surface area contributed by atoms with Crippen LogP contribution in [0.25, 0.3) is 6.08 Å². The van der Waals surface area contributed by atoms with Gasteiger partial charge in [0.05, 0.1) is 0 Å². The molecule has 0 aliphatic carbocycles. The van der Waals surface area contributed by atoms with E-state index in [1.165, 1.54) is 0 Å². The zero-order valence-corrected chi connectivity index (χ0v) is 12.8. The van der Waals surface area contributed by atoms with Gasteiger partial charge in [-0.15, -0.1) is 0 Å². The minimum atomic E-state index is -2.56. The first-order valence-electron chi connectivity index (χ1n) is 6.08. The van der Waals surface area contributed by atoms with Gasteiger partial charge in [-0.3, -0.25) is 0 Å². The minimum absolute atomic E-state index is 0.578. The Bertz CT molecular complexity index is 554. The summed E-state index contributed by atoms with van der Waals surface area (Å²) in [6, 6.07) is 3.49. The van der Waals surface area contributed by atoms with Gasteiger partial charge in [0.25, 0.3) is 0 Å². The summed E-state index contributed by atoms with van der Waals surface area (Å²) in [5, 5.41) is 0.762. The summed E-state index contributed by atoms with van der Waals surface area (Å²) in [6.07, 6.45) is 3.69. The molecule has 0 radical (unpaired) electrons. The monoisotopic (exact) mass is 278 g/mol. The third-order valence-electron chi connectivity index (χ3n) is 2.92. The number of hydrogen-bond donors (Lipinski definition) is 3. The molecule has 104 valence electrons. The Morgan fingerprint density at radius 2 is 1.74 bits per heavy atom. The molecular formula is C15H23N2OP. The van der Waals surface area contributed by atoms with E-state index >= 15 is 0 Å². The Hall–Kier alpha value is -1.57. The molecule has 19 heavy (non-hydrogen) atoms. The van der Waals surface area contributed by atoms with E-state index in [2.05, 4.69) is 13.2 Å². The number of nitrogen functional groups attached to an aromatic ring is 2. The second kappa shape index (κ2) is 5.60. The molecule has 0 spiro atoms. The fourth-order valence-electron chi connectivity index (χ4n) is 1.84. The average molecular weight is 278 g/mol. The summed E-state index contributed by atoms with van der Waals surface area (Å²) >= 11 is 0. The fourth-order valence-corrected chi connectivity index (χ4v) is 3.52. The Morgan fingerprint density at radius 3 is 2.21 bits per heavy atom. The first-order chi connectivity index (χ1) is 8.64. The third kappa shape index (κ3) is 3.69. The Labute approximate surface area is 115 Å². The molecule has 0 heterocycles. The van der Waals surface area contributed by atoms with Gasteiger partial charge in [-0.2, -0.15) is 0 Å². The van der Waals surface area contributed by atoms with Crippen LogP contribution < -0.4 is 16.8 Å². The molecule has 4 heteroatoms. The molecule has 1 rings (SSSR count). The molecule has 0 aliphatic rings. The molecule has 0 atom stereocenters. The van der Waals surface area contributed by atoms with E-state index in [1.807, 2.05) is 32.4 Å². The first-order valence-corrected chi connectivity index (χ1v) is 9.03. The number of rotatable bonds is 4. The van der Waals surface area contributed by atoms with Gasteiger partial charge in [-0.25, -0.2) is 0 Å². The fraction of sp³-hybridized carbons (Fsp3) is 0.200. The molecule has 3 nitrogen and oxygen atoms in total. The third-order valence-corrected chi connectivity index (χ3v) is 4.70. The average Bonchev–Trinajstić information content (AvgIpc) is 2.27. The van der Waals surface area contributed by atoms with E-state index in [1.54, 1.807) is 12.1 Å². The van der Waals surface area contributed by atoms with Crippen molar-refractivity contribution in [3.63, 3.8) is 0 Å². The van der Waals surface area contributed by atoms with Crippen LogP contribution in [0.5, 0.6) is 0 Å². The molecule has 5 N–H and O–H groups in total. The van der Waals surface area contributed by atoms with E-state index in [0.717, 1.165) is 22.0 Å². The van der Waals surface area contributed by atoms with Crippen molar-refractivity contribution in [2.24, 2.45) is 0 Å². The molecule has 0 aromatic heterocycles. The summed E-state index contributed by atoms with van der Waals surface area (Å²) in [5.74, 6) is 0. The van der Waals surface area contributed by atoms with Crippen molar-refractivity contribution in [1.29, 1.82) is 0 Å². The predicted molar refractivity (Wildman–Crippen MR) is 90.3 cm³/mol. The molecule has 0 fully saturated rings.